The van der Waals surface area contributed by atoms with Crippen LogP contribution in [0.5, 0.6) is 5.75 Å². The minimum atomic E-state index is 0.225. The van der Waals surface area contributed by atoms with Gasteiger partial charge in [0, 0.05) is 13.1 Å². The number of nitrogens with zero attached hydrogens (tertiary/aromatic N) is 1. The quantitative estimate of drug-likeness (QED) is 0.729. The molecule has 1 heterocycles. The first-order valence-electron chi connectivity index (χ1n) is 9.90. The van der Waals surface area contributed by atoms with Crippen LogP contribution in [-0.4, -0.2) is 44.1 Å². The highest BCUT2D eigenvalue weighted by atomic mass is 16.5. The van der Waals surface area contributed by atoms with E-state index in [1.165, 1.54) is 11.1 Å². The molecule has 0 atom stereocenters. The summed E-state index contributed by atoms with van der Waals surface area (Å²) in [5.74, 6) is 1.79. The predicted molar refractivity (Wildman–Crippen MR) is 109 cm³/mol. The van der Waals surface area contributed by atoms with Crippen molar-refractivity contribution < 1.29 is 9.53 Å². The zero-order chi connectivity index (χ0) is 18.9. The fourth-order valence-electron chi connectivity index (χ4n) is 3.67. The number of rotatable bonds is 8. The van der Waals surface area contributed by atoms with Gasteiger partial charge in [-0.2, -0.15) is 0 Å². The maximum atomic E-state index is 12.4. The van der Waals surface area contributed by atoms with E-state index in [0.29, 0.717) is 12.5 Å². The van der Waals surface area contributed by atoms with Crippen LogP contribution in [0.15, 0.2) is 54.6 Å². The minimum Gasteiger partial charge on any atom is -0.497 e. The van der Waals surface area contributed by atoms with Crippen molar-refractivity contribution >= 4 is 5.91 Å². The molecule has 1 N–H and O–H groups in total. The molecule has 0 radical (unpaired) electrons. The first kappa shape index (κ1) is 19.4. The van der Waals surface area contributed by atoms with Crippen LogP contribution in [0.4, 0.5) is 0 Å². The van der Waals surface area contributed by atoms with Crippen LogP contribution in [0.2, 0.25) is 0 Å². The van der Waals surface area contributed by atoms with E-state index in [-0.39, 0.29) is 5.91 Å². The largest absolute Gasteiger partial charge is 0.497 e. The van der Waals surface area contributed by atoms with Crippen LogP contribution >= 0.6 is 0 Å². The van der Waals surface area contributed by atoms with Gasteiger partial charge in [0.15, 0.2) is 0 Å². The Labute approximate surface area is 162 Å². The Hall–Kier alpha value is -2.33. The monoisotopic (exact) mass is 366 g/mol. The lowest BCUT2D eigenvalue weighted by atomic mass is 9.90. The SMILES string of the molecule is COc1ccc(CCNCC(=O)N2CCC(Cc3ccccc3)CC2)cc1. The molecule has 1 amide bonds. The van der Waals surface area contributed by atoms with Crippen LogP contribution in [0.3, 0.4) is 0 Å². The summed E-state index contributed by atoms with van der Waals surface area (Å²) in [5.41, 5.74) is 2.65. The van der Waals surface area contributed by atoms with Crippen molar-refractivity contribution in [3.05, 3.63) is 65.7 Å². The van der Waals surface area contributed by atoms with Gasteiger partial charge >= 0.3 is 0 Å². The van der Waals surface area contributed by atoms with Crippen LogP contribution in [-0.2, 0) is 17.6 Å². The van der Waals surface area contributed by atoms with Gasteiger partial charge in [0.25, 0.3) is 0 Å². The molecule has 144 valence electrons. The number of benzene rings is 2. The molecule has 1 aliphatic heterocycles. The van der Waals surface area contributed by atoms with Gasteiger partial charge in [0.05, 0.1) is 13.7 Å². The molecule has 0 aliphatic carbocycles. The number of piperidine rings is 1. The molecule has 2 aromatic rings. The molecular formula is C23H30N2O2. The van der Waals surface area contributed by atoms with Crippen LogP contribution in [0.1, 0.15) is 24.0 Å². The predicted octanol–water partition coefficient (Wildman–Crippen LogP) is 3.31. The molecule has 2 aromatic carbocycles. The van der Waals surface area contributed by atoms with Crippen molar-refractivity contribution in [1.82, 2.24) is 10.2 Å². The van der Waals surface area contributed by atoms with Crippen LogP contribution < -0.4 is 10.1 Å². The maximum Gasteiger partial charge on any atom is 0.236 e. The smallest absolute Gasteiger partial charge is 0.236 e. The zero-order valence-corrected chi connectivity index (χ0v) is 16.2. The third kappa shape index (κ3) is 6.10. The van der Waals surface area contributed by atoms with Gasteiger partial charge in [-0.25, -0.2) is 0 Å². The fourth-order valence-corrected chi connectivity index (χ4v) is 3.67. The van der Waals surface area contributed by atoms with E-state index in [1.807, 2.05) is 17.0 Å². The zero-order valence-electron chi connectivity index (χ0n) is 16.2. The second-order valence-electron chi connectivity index (χ2n) is 7.29. The van der Waals surface area contributed by atoms with Crippen molar-refractivity contribution in [2.75, 3.05) is 33.3 Å². The number of carbonyl (C=O) groups excluding carboxylic acids is 1. The summed E-state index contributed by atoms with van der Waals surface area (Å²) >= 11 is 0. The lowest BCUT2D eigenvalue weighted by Gasteiger charge is -2.32. The van der Waals surface area contributed by atoms with Gasteiger partial charge in [-0.3, -0.25) is 4.79 Å². The maximum absolute atomic E-state index is 12.4. The first-order chi connectivity index (χ1) is 13.2. The van der Waals surface area contributed by atoms with Crippen molar-refractivity contribution in [2.24, 2.45) is 5.92 Å². The summed E-state index contributed by atoms with van der Waals surface area (Å²) in [6.07, 6.45) is 4.25. The second kappa shape index (κ2) is 10.1. The van der Waals surface area contributed by atoms with E-state index in [4.69, 9.17) is 4.74 Å². The number of likely N-dealkylation sites (tertiary alicyclic amines) is 1. The number of carbonyl (C=O) groups is 1. The van der Waals surface area contributed by atoms with Crippen LogP contribution in [0, 0.1) is 5.92 Å². The highest BCUT2D eigenvalue weighted by Gasteiger charge is 2.22. The Bertz CT molecular complexity index is 692. The van der Waals surface area contributed by atoms with Gasteiger partial charge in [-0.1, -0.05) is 42.5 Å². The Morgan fingerprint density at radius 3 is 2.41 bits per heavy atom. The summed E-state index contributed by atoms with van der Waals surface area (Å²) in [7, 11) is 1.67. The number of nitrogens with one attached hydrogen (secondary N) is 1. The fraction of sp³-hybridized carbons (Fsp3) is 0.435. The molecule has 4 heteroatoms. The average molecular weight is 367 g/mol. The molecule has 0 bridgehead atoms. The van der Waals surface area contributed by atoms with E-state index in [0.717, 1.165) is 51.1 Å². The van der Waals surface area contributed by atoms with E-state index in [2.05, 4.69) is 47.8 Å². The van der Waals surface area contributed by atoms with Gasteiger partial charge in [0.2, 0.25) is 5.91 Å². The number of hydrogen-bond donors (Lipinski definition) is 1. The highest BCUT2D eigenvalue weighted by Crippen LogP contribution is 2.21. The standard InChI is InChI=1S/C23H30N2O2/c1-27-22-9-7-19(8-10-22)11-14-24-18-23(26)25-15-12-21(13-16-25)17-20-5-3-2-4-6-20/h2-10,21,24H,11-18H2,1H3. The van der Waals surface area contributed by atoms with E-state index >= 15 is 0 Å². The van der Waals surface area contributed by atoms with E-state index in [9.17, 15) is 4.79 Å². The minimum absolute atomic E-state index is 0.225. The normalized spacial score (nSPS) is 14.9. The molecule has 0 spiro atoms. The molecule has 1 aliphatic rings. The van der Waals surface area contributed by atoms with E-state index in [1.54, 1.807) is 7.11 Å². The molecule has 0 unspecified atom stereocenters. The van der Waals surface area contributed by atoms with Crippen LogP contribution in [0.25, 0.3) is 0 Å². The molecule has 4 nitrogen and oxygen atoms in total. The summed E-state index contributed by atoms with van der Waals surface area (Å²) < 4.78 is 5.17. The summed E-state index contributed by atoms with van der Waals surface area (Å²) in [6.45, 7) is 3.01. The Balaban J connectivity index is 1.32. The third-order valence-electron chi connectivity index (χ3n) is 5.36. The van der Waals surface area contributed by atoms with Crippen molar-refractivity contribution in [1.29, 1.82) is 0 Å². The Kier molecular flexibility index (Phi) is 7.28. The molecule has 0 aromatic heterocycles. The number of ether oxygens (including phenoxy) is 1. The molecule has 3 rings (SSSR count). The molecule has 0 saturated carbocycles. The lowest BCUT2D eigenvalue weighted by Crippen LogP contribution is -2.43. The van der Waals surface area contributed by atoms with Gasteiger partial charge in [-0.05, 0) is 61.4 Å². The highest BCUT2D eigenvalue weighted by molar-refractivity contribution is 5.78. The summed E-state index contributed by atoms with van der Waals surface area (Å²) in [5, 5.41) is 3.29. The van der Waals surface area contributed by atoms with Crippen molar-refractivity contribution in [3.63, 3.8) is 0 Å². The first-order valence-corrected chi connectivity index (χ1v) is 9.90. The van der Waals surface area contributed by atoms with Gasteiger partial charge in [0.1, 0.15) is 5.75 Å². The number of hydrogen-bond acceptors (Lipinski definition) is 3. The average Bonchev–Trinajstić information content (AvgIpc) is 2.73. The number of methoxy groups -OCH3 is 1. The third-order valence-corrected chi connectivity index (χ3v) is 5.36. The van der Waals surface area contributed by atoms with Crippen molar-refractivity contribution in [2.45, 2.75) is 25.7 Å². The summed E-state index contributed by atoms with van der Waals surface area (Å²) in [6, 6.07) is 18.7. The van der Waals surface area contributed by atoms with Gasteiger partial charge < -0.3 is 15.0 Å². The molecule has 1 fully saturated rings. The second-order valence-corrected chi connectivity index (χ2v) is 7.29. The topological polar surface area (TPSA) is 41.6 Å². The van der Waals surface area contributed by atoms with E-state index < -0.39 is 0 Å². The van der Waals surface area contributed by atoms with Crippen molar-refractivity contribution in [3.8, 4) is 5.75 Å². The molecule has 27 heavy (non-hydrogen) atoms. The lowest BCUT2D eigenvalue weighted by molar-refractivity contribution is -0.131. The molecular weight excluding hydrogens is 336 g/mol. The summed E-state index contributed by atoms with van der Waals surface area (Å²) in [4.78, 5) is 14.4. The molecule has 1 saturated heterocycles. The Morgan fingerprint density at radius 2 is 1.74 bits per heavy atom. The van der Waals surface area contributed by atoms with Gasteiger partial charge in [-0.15, -0.1) is 0 Å². The number of amides is 1. The Morgan fingerprint density at radius 1 is 1.04 bits per heavy atom.